The first-order chi connectivity index (χ1) is 28.7. The van der Waals surface area contributed by atoms with E-state index in [-0.39, 0.29) is 51.3 Å². The molecule has 4 unspecified atom stereocenters. The number of methoxy groups -OCH3 is 1. The average Bonchev–Trinajstić information content (AvgIpc) is 3.16. The Hall–Kier alpha value is -5.22. The Morgan fingerprint density at radius 2 is 1.11 bits per heavy atom. The molecule has 16 heteroatoms. The fourth-order valence-corrected chi connectivity index (χ4v) is 6.04. The van der Waals surface area contributed by atoms with E-state index in [0.717, 1.165) is 11.1 Å². The minimum Gasteiger partial charge on any atom is -0.480 e. The van der Waals surface area contributed by atoms with Crippen LogP contribution in [-0.4, -0.2) is 121 Å². The van der Waals surface area contributed by atoms with Crippen molar-refractivity contribution in [2.24, 2.45) is 5.92 Å². The second kappa shape index (κ2) is 26.2. The van der Waals surface area contributed by atoms with Crippen LogP contribution in [0.25, 0.3) is 0 Å². The second-order valence-electron chi connectivity index (χ2n) is 17.3. The number of unbranched alkanes of at least 4 members (excludes halogenated alkanes) is 1. The number of ether oxygens (including phenoxy) is 4. The average molecular weight is 856 g/mol. The first kappa shape index (κ1) is 51.9. The van der Waals surface area contributed by atoms with Crippen molar-refractivity contribution in [3.8, 4) is 0 Å². The summed E-state index contributed by atoms with van der Waals surface area (Å²) in [4.78, 5) is 81.6. The maximum absolute atomic E-state index is 14.1. The third kappa shape index (κ3) is 22.3. The Kier molecular flexibility index (Phi) is 22.3. The highest BCUT2D eigenvalue weighted by molar-refractivity contribution is 5.95. The van der Waals surface area contributed by atoms with E-state index in [9.17, 15) is 33.9 Å². The molecule has 0 aromatic heterocycles. The lowest BCUT2D eigenvalue weighted by Crippen LogP contribution is -2.58. The van der Waals surface area contributed by atoms with Crippen molar-refractivity contribution in [1.29, 1.82) is 0 Å². The predicted molar refractivity (Wildman–Crippen MR) is 231 cm³/mol. The summed E-state index contributed by atoms with van der Waals surface area (Å²) < 4.78 is 21.5. The molecule has 61 heavy (non-hydrogen) atoms. The Bertz CT molecular complexity index is 1660. The van der Waals surface area contributed by atoms with Gasteiger partial charge in [-0.3, -0.25) is 14.4 Å². The highest BCUT2D eigenvalue weighted by Gasteiger charge is 2.33. The smallest absolute Gasteiger partial charge is 0.410 e. The van der Waals surface area contributed by atoms with Gasteiger partial charge in [0.2, 0.25) is 17.7 Å². The second-order valence-corrected chi connectivity index (χ2v) is 17.3. The minimum atomic E-state index is -1.29. The summed E-state index contributed by atoms with van der Waals surface area (Å²) in [5.74, 6) is -3.36. The molecule has 5 amide bonds. The topological polar surface area (TPSA) is 211 Å². The molecule has 2 aromatic rings. The van der Waals surface area contributed by atoms with E-state index >= 15 is 0 Å². The van der Waals surface area contributed by atoms with Gasteiger partial charge in [0.1, 0.15) is 35.4 Å². The van der Waals surface area contributed by atoms with E-state index < -0.39 is 71.2 Å². The number of nitrogens with zero attached hydrogens (tertiary/aromatic N) is 1. The first-order valence-electron chi connectivity index (χ1n) is 20.9. The zero-order chi connectivity index (χ0) is 45.6. The summed E-state index contributed by atoms with van der Waals surface area (Å²) in [6.45, 7) is 15.7. The van der Waals surface area contributed by atoms with Crippen LogP contribution in [-0.2, 0) is 51.0 Å². The molecule has 0 saturated heterocycles. The lowest BCUT2D eigenvalue weighted by Gasteiger charge is -2.28. The Balaban J connectivity index is 2.24. The van der Waals surface area contributed by atoms with E-state index in [4.69, 9.17) is 18.9 Å². The van der Waals surface area contributed by atoms with Crippen LogP contribution in [0.3, 0.4) is 0 Å². The van der Waals surface area contributed by atoms with Gasteiger partial charge in [-0.2, -0.15) is 0 Å². The van der Waals surface area contributed by atoms with Crippen molar-refractivity contribution >= 4 is 35.9 Å². The number of alkyl carbamates (subject to hydrolysis) is 1. The molecule has 2 aromatic carbocycles. The van der Waals surface area contributed by atoms with Crippen molar-refractivity contribution in [3.05, 3.63) is 71.8 Å². The predicted octanol–water partition coefficient (Wildman–Crippen LogP) is 5.02. The number of benzene rings is 2. The molecule has 0 saturated carbocycles. The minimum absolute atomic E-state index is 0.0516. The summed E-state index contributed by atoms with van der Waals surface area (Å²) in [7, 11) is 1.56. The molecule has 0 bridgehead atoms. The first-order valence-corrected chi connectivity index (χ1v) is 20.9. The van der Waals surface area contributed by atoms with Crippen LogP contribution in [0.5, 0.6) is 0 Å². The molecule has 5 N–H and O–H groups in total. The Morgan fingerprint density at radius 1 is 0.623 bits per heavy atom. The molecule has 0 aliphatic heterocycles. The molecular formula is C45H69N5O11. The van der Waals surface area contributed by atoms with E-state index in [1.807, 2.05) is 50.2 Å². The third-order valence-electron chi connectivity index (χ3n) is 8.92. The quantitative estimate of drug-likeness (QED) is 0.0838. The molecule has 16 nitrogen and oxygen atoms in total. The SMILES string of the molecule is COCCOCCN(CCCCC(NC(=O)C(CC(C)C)NC(=O)C(Cc1ccccc1)NC(=O)C(Cc1ccccc1)NC(=O)OC(C)(C)C)C(=O)O)C(=O)OC(C)(C)C. The molecule has 4 atom stereocenters. The van der Waals surface area contributed by atoms with Gasteiger partial charge in [0.15, 0.2) is 0 Å². The van der Waals surface area contributed by atoms with E-state index in [1.165, 1.54) is 4.90 Å². The van der Waals surface area contributed by atoms with Gasteiger partial charge in [-0.15, -0.1) is 0 Å². The molecule has 0 heterocycles. The summed E-state index contributed by atoms with van der Waals surface area (Å²) in [5.41, 5.74) is -0.0679. The molecule has 2 rings (SSSR count). The lowest BCUT2D eigenvalue weighted by molar-refractivity contribution is -0.142. The monoisotopic (exact) mass is 855 g/mol. The fraction of sp³-hybridized carbons (Fsp3) is 0.600. The third-order valence-corrected chi connectivity index (χ3v) is 8.92. The van der Waals surface area contributed by atoms with E-state index in [2.05, 4.69) is 21.3 Å². The highest BCUT2D eigenvalue weighted by atomic mass is 16.6. The molecule has 0 aliphatic rings. The van der Waals surface area contributed by atoms with E-state index in [1.54, 1.807) is 72.9 Å². The van der Waals surface area contributed by atoms with Crippen LogP contribution < -0.4 is 21.3 Å². The number of hydrogen-bond donors (Lipinski definition) is 5. The van der Waals surface area contributed by atoms with Crippen molar-refractivity contribution in [1.82, 2.24) is 26.2 Å². The maximum atomic E-state index is 14.1. The molecule has 0 fully saturated rings. The molecule has 340 valence electrons. The van der Waals surface area contributed by atoms with Gasteiger partial charge < -0.3 is 50.2 Å². The number of nitrogens with one attached hydrogen (secondary N) is 4. The number of amides is 5. The number of carbonyl (C=O) groups excluding carboxylic acids is 5. The van der Waals surface area contributed by atoms with Gasteiger partial charge in [0.25, 0.3) is 0 Å². The van der Waals surface area contributed by atoms with Gasteiger partial charge in [0, 0.05) is 33.0 Å². The van der Waals surface area contributed by atoms with Gasteiger partial charge >= 0.3 is 18.2 Å². The van der Waals surface area contributed by atoms with Crippen LogP contribution in [0.2, 0.25) is 0 Å². The van der Waals surface area contributed by atoms with Crippen molar-refractivity contribution < 1.29 is 52.8 Å². The molecule has 0 aliphatic carbocycles. The van der Waals surface area contributed by atoms with Crippen LogP contribution in [0, 0.1) is 5.92 Å². The van der Waals surface area contributed by atoms with Gasteiger partial charge in [-0.1, -0.05) is 74.5 Å². The Labute approximate surface area is 361 Å². The summed E-state index contributed by atoms with van der Waals surface area (Å²) in [5, 5.41) is 20.9. The van der Waals surface area contributed by atoms with Gasteiger partial charge in [0.05, 0.1) is 19.8 Å². The number of carboxylic acids is 1. The molecular weight excluding hydrogens is 787 g/mol. The number of rotatable bonds is 25. The highest BCUT2D eigenvalue weighted by Crippen LogP contribution is 2.14. The zero-order valence-corrected chi connectivity index (χ0v) is 37.4. The maximum Gasteiger partial charge on any atom is 0.410 e. The van der Waals surface area contributed by atoms with Crippen LogP contribution in [0.1, 0.15) is 92.2 Å². The fourth-order valence-electron chi connectivity index (χ4n) is 6.04. The van der Waals surface area contributed by atoms with Gasteiger partial charge in [-0.25, -0.2) is 14.4 Å². The molecule has 0 spiro atoms. The number of carbonyl (C=O) groups is 6. The number of carboxylic acid groups (broad SMARTS) is 1. The Morgan fingerprint density at radius 3 is 1.61 bits per heavy atom. The standard InChI is InChI=1S/C45H69N5O11/c1-31(2)28-35(38(51)46-34(41(54)55)22-16-17-23-50(24-25-59-27-26-58-9)43(57)61-45(6,7)8)47-39(52)36(29-32-18-12-10-13-19-32)48-40(53)37(30-33-20-14-11-15-21-33)49-42(56)60-44(3,4)5/h10-15,18-21,31,34-37H,16-17,22-30H2,1-9H3,(H,46,51)(H,47,52)(H,48,53)(H,49,56)(H,54,55). The summed E-state index contributed by atoms with van der Waals surface area (Å²) in [6, 6.07) is 13.3. The summed E-state index contributed by atoms with van der Waals surface area (Å²) in [6.07, 6.45) is -0.198. The van der Waals surface area contributed by atoms with Crippen LogP contribution in [0.4, 0.5) is 9.59 Å². The van der Waals surface area contributed by atoms with Crippen LogP contribution in [0.15, 0.2) is 60.7 Å². The molecule has 0 radical (unpaired) electrons. The van der Waals surface area contributed by atoms with Crippen molar-refractivity contribution in [3.63, 3.8) is 0 Å². The van der Waals surface area contributed by atoms with E-state index in [0.29, 0.717) is 26.1 Å². The van der Waals surface area contributed by atoms with Gasteiger partial charge in [-0.05, 0) is 84.3 Å². The normalized spacial score (nSPS) is 13.5. The number of aliphatic carboxylic acids is 1. The largest absolute Gasteiger partial charge is 0.480 e. The van der Waals surface area contributed by atoms with Crippen molar-refractivity contribution in [2.75, 3.05) is 40.0 Å². The zero-order valence-electron chi connectivity index (χ0n) is 37.4. The lowest BCUT2D eigenvalue weighted by atomic mass is 9.99. The summed E-state index contributed by atoms with van der Waals surface area (Å²) >= 11 is 0. The number of hydrogen-bond acceptors (Lipinski definition) is 10. The van der Waals surface area contributed by atoms with Crippen LogP contribution >= 0.6 is 0 Å². The van der Waals surface area contributed by atoms with Crippen molar-refractivity contribution in [2.45, 2.75) is 129 Å².